The molecule has 1 aromatic carbocycles. The molecular weight excluding hydrogens is 538 g/mol. The molecule has 182 valence electrons. The fraction of sp³-hybridized carbons (Fsp3) is 0.619. The zero-order valence-electron chi connectivity index (χ0n) is 18.7. The van der Waals surface area contributed by atoms with Crippen molar-refractivity contribution in [1.29, 1.82) is 0 Å². The minimum atomic E-state index is -4.44. The van der Waals surface area contributed by atoms with Crippen molar-refractivity contribution in [3.8, 4) is 5.75 Å². The monoisotopic (exact) mass is 571 g/mol. The second-order valence-corrected chi connectivity index (χ2v) is 7.44. The summed E-state index contributed by atoms with van der Waals surface area (Å²) in [5.41, 5.74) is 1.05. The quantitative estimate of drug-likeness (QED) is 0.271. The predicted molar refractivity (Wildman–Crippen MR) is 130 cm³/mol. The third-order valence-corrected chi connectivity index (χ3v) is 5.10. The number of likely N-dealkylation sites (tertiary alicyclic amines) is 1. The Balaban J connectivity index is 0.00000512. The summed E-state index contributed by atoms with van der Waals surface area (Å²) >= 11 is 0. The molecule has 0 aliphatic carbocycles. The summed E-state index contributed by atoms with van der Waals surface area (Å²) in [6.45, 7) is 3.23. The lowest BCUT2D eigenvalue weighted by atomic mass is 10.0. The highest BCUT2D eigenvalue weighted by Gasteiger charge is 2.31. The fourth-order valence-corrected chi connectivity index (χ4v) is 3.59. The Morgan fingerprint density at radius 2 is 1.91 bits per heavy atom. The van der Waals surface area contributed by atoms with Crippen molar-refractivity contribution in [1.82, 2.24) is 20.4 Å². The molecule has 0 radical (unpaired) electrons. The number of methoxy groups -OCH3 is 1. The molecule has 0 saturated carbocycles. The van der Waals surface area contributed by atoms with E-state index < -0.39 is 18.6 Å². The lowest BCUT2D eigenvalue weighted by Crippen LogP contribution is -2.43. The number of para-hydroxylation sites is 1. The number of likely N-dealkylation sites (N-methyl/N-ethyl adjacent to an activating group) is 1. The Labute approximate surface area is 204 Å². The lowest BCUT2D eigenvalue weighted by Gasteiger charge is -2.30. The number of halogens is 4. The van der Waals surface area contributed by atoms with Crippen LogP contribution >= 0.6 is 24.0 Å². The maximum atomic E-state index is 12.5. The summed E-state index contributed by atoms with van der Waals surface area (Å²) in [4.78, 5) is 19.2. The molecule has 1 fully saturated rings. The van der Waals surface area contributed by atoms with Crippen molar-refractivity contribution in [2.75, 3.05) is 53.4 Å². The first-order valence-corrected chi connectivity index (χ1v) is 10.4. The van der Waals surface area contributed by atoms with Gasteiger partial charge < -0.3 is 20.3 Å². The maximum Gasteiger partial charge on any atom is 0.406 e. The molecule has 1 heterocycles. The van der Waals surface area contributed by atoms with E-state index in [1.165, 1.54) is 0 Å². The number of aliphatic imine (C=N–C) groups is 1. The van der Waals surface area contributed by atoms with Gasteiger partial charge in [0.15, 0.2) is 5.96 Å². The number of hydrogen-bond donors (Lipinski definition) is 2. The number of guanidine groups is 1. The normalized spacial score (nSPS) is 15.6. The van der Waals surface area contributed by atoms with Crippen LogP contribution in [0, 0.1) is 0 Å². The summed E-state index contributed by atoms with van der Waals surface area (Å²) in [5.74, 6) is 0.484. The summed E-state index contributed by atoms with van der Waals surface area (Å²) in [5, 5.41) is 6.29. The van der Waals surface area contributed by atoms with E-state index in [4.69, 9.17) is 4.74 Å². The van der Waals surface area contributed by atoms with Crippen molar-refractivity contribution >= 4 is 35.8 Å². The van der Waals surface area contributed by atoms with E-state index in [2.05, 4.69) is 20.5 Å². The van der Waals surface area contributed by atoms with Gasteiger partial charge in [0.1, 0.15) is 18.8 Å². The largest absolute Gasteiger partial charge is 0.496 e. The Morgan fingerprint density at radius 1 is 1.25 bits per heavy atom. The van der Waals surface area contributed by atoms with E-state index in [1.807, 2.05) is 31.2 Å². The Bertz CT molecular complexity index is 742. The molecule has 2 N–H and O–H groups in total. The van der Waals surface area contributed by atoms with Gasteiger partial charge in [0, 0.05) is 25.7 Å². The smallest absolute Gasteiger partial charge is 0.406 e. The van der Waals surface area contributed by atoms with Crippen LogP contribution in [-0.2, 0) is 4.79 Å². The minimum absolute atomic E-state index is 0. The van der Waals surface area contributed by atoms with Crippen LogP contribution in [0.1, 0.15) is 31.4 Å². The van der Waals surface area contributed by atoms with Crippen LogP contribution in [0.5, 0.6) is 5.75 Å². The van der Waals surface area contributed by atoms with Gasteiger partial charge in [-0.15, -0.1) is 24.0 Å². The molecule has 1 saturated heterocycles. The number of nitrogens with one attached hydrogen (secondary N) is 2. The van der Waals surface area contributed by atoms with Crippen molar-refractivity contribution in [3.63, 3.8) is 0 Å². The average molecular weight is 571 g/mol. The van der Waals surface area contributed by atoms with Gasteiger partial charge in [0.05, 0.1) is 13.2 Å². The second kappa shape index (κ2) is 13.7. The zero-order valence-corrected chi connectivity index (χ0v) is 21.1. The van der Waals surface area contributed by atoms with Crippen molar-refractivity contribution < 1.29 is 22.7 Å². The summed E-state index contributed by atoms with van der Waals surface area (Å²) < 4.78 is 43.0. The third kappa shape index (κ3) is 9.00. The van der Waals surface area contributed by atoms with Crippen LogP contribution in [-0.4, -0.2) is 81.3 Å². The Kier molecular flexibility index (Phi) is 12.1. The SMILES string of the molecule is CCNC(=NCC(=O)N(C)CC(F)(F)F)NCC(c1ccccc1OC)N1CCCC1.I. The first-order valence-electron chi connectivity index (χ1n) is 10.4. The van der Waals surface area contributed by atoms with Crippen molar-refractivity contribution in [2.24, 2.45) is 4.99 Å². The third-order valence-electron chi connectivity index (χ3n) is 5.10. The van der Waals surface area contributed by atoms with E-state index in [0.29, 0.717) is 23.9 Å². The molecule has 1 aromatic rings. The van der Waals surface area contributed by atoms with Crippen LogP contribution < -0.4 is 15.4 Å². The van der Waals surface area contributed by atoms with Gasteiger partial charge in [0.25, 0.3) is 0 Å². The molecule has 7 nitrogen and oxygen atoms in total. The average Bonchev–Trinajstić information content (AvgIpc) is 3.25. The van der Waals surface area contributed by atoms with Crippen molar-refractivity contribution in [3.05, 3.63) is 29.8 Å². The van der Waals surface area contributed by atoms with Crippen LogP contribution in [0.3, 0.4) is 0 Å². The van der Waals surface area contributed by atoms with Gasteiger partial charge in [-0.3, -0.25) is 9.69 Å². The molecule has 2 rings (SSSR count). The van der Waals surface area contributed by atoms with Gasteiger partial charge >= 0.3 is 6.18 Å². The number of benzene rings is 1. The molecule has 11 heteroatoms. The predicted octanol–water partition coefficient (Wildman–Crippen LogP) is 3.03. The number of nitrogens with zero attached hydrogens (tertiary/aromatic N) is 3. The van der Waals surface area contributed by atoms with Gasteiger partial charge in [0.2, 0.25) is 5.91 Å². The fourth-order valence-electron chi connectivity index (χ4n) is 3.59. The van der Waals surface area contributed by atoms with E-state index in [0.717, 1.165) is 44.3 Å². The van der Waals surface area contributed by atoms with E-state index in [1.54, 1.807) is 7.11 Å². The highest BCUT2D eigenvalue weighted by atomic mass is 127. The topological polar surface area (TPSA) is 69.2 Å². The Hall–Kier alpha value is -1.76. The molecule has 1 amide bonds. The Morgan fingerprint density at radius 3 is 2.50 bits per heavy atom. The van der Waals surface area contributed by atoms with Crippen LogP contribution in [0.2, 0.25) is 0 Å². The van der Waals surface area contributed by atoms with Crippen molar-refractivity contribution in [2.45, 2.75) is 32.0 Å². The van der Waals surface area contributed by atoms with Crippen LogP contribution in [0.15, 0.2) is 29.3 Å². The van der Waals surface area contributed by atoms with Crippen LogP contribution in [0.4, 0.5) is 13.2 Å². The summed E-state index contributed by atoms with van der Waals surface area (Å²) in [6.07, 6.45) is -2.19. The van der Waals surface area contributed by atoms with Gasteiger partial charge in [-0.1, -0.05) is 18.2 Å². The first-order chi connectivity index (χ1) is 14.7. The number of rotatable bonds is 9. The number of alkyl halides is 3. The molecule has 1 unspecified atom stereocenters. The minimum Gasteiger partial charge on any atom is -0.496 e. The van der Waals surface area contributed by atoms with Crippen LogP contribution in [0.25, 0.3) is 0 Å². The highest BCUT2D eigenvalue weighted by molar-refractivity contribution is 14.0. The number of ether oxygens (including phenoxy) is 1. The lowest BCUT2D eigenvalue weighted by molar-refractivity contribution is -0.157. The number of carbonyl (C=O) groups is 1. The molecule has 0 bridgehead atoms. The van der Waals surface area contributed by atoms with Gasteiger partial charge in [-0.05, 0) is 38.9 Å². The molecule has 32 heavy (non-hydrogen) atoms. The zero-order chi connectivity index (χ0) is 22.9. The summed E-state index contributed by atoms with van der Waals surface area (Å²) in [7, 11) is 2.76. The number of amides is 1. The summed E-state index contributed by atoms with van der Waals surface area (Å²) in [6, 6.07) is 7.88. The molecule has 1 aliphatic rings. The first kappa shape index (κ1) is 28.3. The van der Waals surface area contributed by atoms with Gasteiger partial charge in [-0.25, -0.2) is 4.99 Å². The number of carbonyl (C=O) groups excluding carboxylic acids is 1. The van der Waals surface area contributed by atoms with E-state index in [9.17, 15) is 18.0 Å². The standard InChI is InChI=1S/C21H32F3N5O2.HI/c1-4-25-20(27-14-19(30)28(2)15-21(22,23)24)26-13-17(29-11-7-8-12-29)16-9-5-6-10-18(16)31-3;/h5-6,9-10,17H,4,7-8,11-15H2,1-3H3,(H2,25,26,27);1H. The second-order valence-electron chi connectivity index (χ2n) is 7.44. The van der Waals surface area contributed by atoms with E-state index >= 15 is 0 Å². The molecule has 0 spiro atoms. The molecule has 1 atom stereocenters. The van der Waals surface area contributed by atoms with Gasteiger partial charge in [-0.2, -0.15) is 13.2 Å². The van der Waals surface area contributed by atoms with E-state index in [-0.39, 0.29) is 36.6 Å². The molecular formula is C21H33F3IN5O2. The highest BCUT2D eigenvalue weighted by Crippen LogP contribution is 2.31. The molecule has 1 aliphatic heterocycles. The number of hydrogen-bond acceptors (Lipinski definition) is 4. The molecule has 0 aromatic heterocycles. The maximum absolute atomic E-state index is 12.5.